The van der Waals surface area contributed by atoms with Crippen LogP contribution >= 0.6 is 0 Å². The number of esters is 2. The minimum Gasteiger partial charge on any atom is -0.497 e. The molecule has 0 bridgehead atoms. The second kappa shape index (κ2) is 12.3. The Labute approximate surface area is 277 Å². The first-order chi connectivity index (χ1) is 21.9. The molecule has 3 fully saturated rings. The lowest BCUT2D eigenvalue weighted by Crippen LogP contribution is -2.78. The van der Waals surface area contributed by atoms with Crippen LogP contribution < -0.4 is 4.74 Å². The van der Waals surface area contributed by atoms with E-state index in [4.69, 9.17) is 14.2 Å². The molecular weight excluding hydrogens is 600 g/mol. The quantitative estimate of drug-likeness (QED) is 0.195. The van der Waals surface area contributed by atoms with E-state index in [2.05, 4.69) is 0 Å². The zero-order valence-electron chi connectivity index (χ0n) is 28.7. The Bertz CT molecular complexity index is 1520. The Morgan fingerprint density at radius 3 is 2.38 bits per heavy atom. The Balaban J connectivity index is 1.43. The van der Waals surface area contributed by atoms with Crippen LogP contribution in [0, 0.1) is 22.7 Å². The summed E-state index contributed by atoms with van der Waals surface area (Å²) in [7, 11) is 1.58. The van der Waals surface area contributed by atoms with Gasteiger partial charge in [0.1, 0.15) is 34.8 Å². The molecule has 9 heteroatoms. The summed E-state index contributed by atoms with van der Waals surface area (Å²) >= 11 is 0. The zero-order valence-corrected chi connectivity index (χ0v) is 28.7. The fraction of sp³-hybridized carbons (Fsp3) is 0.605. The van der Waals surface area contributed by atoms with Crippen molar-refractivity contribution >= 4 is 23.8 Å². The van der Waals surface area contributed by atoms with Gasteiger partial charge >= 0.3 is 11.9 Å². The Kier molecular flexibility index (Phi) is 9.18. The predicted molar refractivity (Wildman–Crippen MR) is 176 cm³/mol. The average Bonchev–Trinajstić information content (AvgIpc) is 3.25. The highest BCUT2D eigenvalue weighted by molar-refractivity contribution is 5.88. The number of Topliss-reactive ketones (excluding diaryl/α,β-unsaturated/α-hetero) is 1. The van der Waals surface area contributed by atoms with Crippen LogP contribution in [0.15, 0.2) is 53.6 Å². The maximum atomic E-state index is 13.3. The van der Waals surface area contributed by atoms with E-state index in [0.717, 1.165) is 16.7 Å². The molecule has 0 spiro atoms. The highest BCUT2D eigenvalue weighted by Gasteiger charge is 2.81. The summed E-state index contributed by atoms with van der Waals surface area (Å²) in [5, 5.41) is 37.2. The van der Waals surface area contributed by atoms with E-state index in [1.165, 1.54) is 19.1 Å². The predicted octanol–water partition coefficient (Wildman–Crippen LogP) is 5.26. The van der Waals surface area contributed by atoms with Gasteiger partial charge in [-0.25, -0.2) is 9.59 Å². The van der Waals surface area contributed by atoms with Crippen molar-refractivity contribution in [3.8, 4) is 5.75 Å². The number of methoxy groups -OCH3 is 1. The lowest BCUT2D eigenvalue weighted by molar-refractivity contribution is -0.314. The summed E-state index contributed by atoms with van der Waals surface area (Å²) in [5.41, 5.74) is -5.26. The van der Waals surface area contributed by atoms with Gasteiger partial charge in [0, 0.05) is 24.5 Å². The summed E-state index contributed by atoms with van der Waals surface area (Å²) in [6, 6.07) is 7.35. The van der Waals surface area contributed by atoms with Gasteiger partial charge < -0.3 is 29.5 Å². The lowest BCUT2D eigenvalue weighted by atomic mass is 9.42. The first kappa shape index (κ1) is 35.0. The summed E-state index contributed by atoms with van der Waals surface area (Å²) in [6.45, 7) is 10.7. The van der Waals surface area contributed by atoms with Crippen LogP contribution in [0.5, 0.6) is 5.75 Å². The number of hydrogen-bond acceptors (Lipinski definition) is 9. The molecule has 0 saturated heterocycles. The van der Waals surface area contributed by atoms with Crippen LogP contribution in [0.1, 0.15) is 92.1 Å². The molecule has 4 aliphatic rings. The molecule has 0 radical (unpaired) electrons. The van der Waals surface area contributed by atoms with Gasteiger partial charge in [-0.1, -0.05) is 50.1 Å². The number of aliphatic hydroxyl groups is 3. The number of allylic oxidation sites excluding steroid dienone is 1. The van der Waals surface area contributed by atoms with Crippen molar-refractivity contribution < 1.29 is 43.9 Å². The molecule has 8 atom stereocenters. The van der Waals surface area contributed by atoms with Gasteiger partial charge in [-0.2, -0.15) is 0 Å². The fourth-order valence-corrected chi connectivity index (χ4v) is 9.10. The summed E-state index contributed by atoms with van der Waals surface area (Å²) in [6.07, 6.45) is 6.73. The van der Waals surface area contributed by atoms with E-state index in [-0.39, 0.29) is 37.7 Å². The van der Waals surface area contributed by atoms with Crippen molar-refractivity contribution in [3.63, 3.8) is 0 Å². The molecule has 47 heavy (non-hydrogen) atoms. The third-order valence-electron chi connectivity index (χ3n) is 12.4. The maximum Gasteiger partial charge on any atom is 0.331 e. The number of fused-ring (bicyclic) bond motifs is 5. The largest absolute Gasteiger partial charge is 0.497 e. The number of ketones is 1. The molecule has 1 aromatic carbocycles. The van der Waals surface area contributed by atoms with Crippen molar-refractivity contribution in [2.75, 3.05) is 7.11 Å². The first-order valence-corrected chi connectivity index (χ1v) is 16.7. The second-order valence-electron chi connectivity index (χ2n) is 14.9. The van der Waals surface area contributed by atoms with Crippen LogP contribution in [0.2, 0.25) is 0 Å². The fourth-order valence-electron chi connectivity index (χ4n) is 9.10. The molecule has 9 nitrogen and oxygen atoms in total. The van der Waals surface area contributed by atoms with E-state index in [1.807, 2.05) is 58.0 Å². The SMILES string of the molecule is COc1cccc(/C=C/C(=O)O[C@H]2CC[C@@]3(C)C(=CC[C@]4(O)C3C[C@@H](OC(=O)/C=C(\C)C(C)C)[C@@]3(C)[C@]4(O)CC[C@@]3(O)C(C)=O)C2)c1. The topological polar surface area (TPSA) is 140 Å². The molecule has 0 aliphatic heterocycles. The van der Waals surface area contributed by atoms with E-state index in [0.29, 0.717) is 25.0 Å². The summed E-state index contributed by atoms with van der Waals surface area (Å²) < 4.78 is 17.2. The minimum absolute atomic E-state index is 0.0272. The molecule has 4 aliphatic carbocycles. The first-order valence-electron chi connectivity index (χ1n) is 16.7. The number of carbonyl (C=O) groups excluding carboxylic acids is 3. The summed E-state index contributed by atoms with van der Waals surface area (Å²) in [5.74, 6) is -1.36. The number of hydrogen-bond donors (Lipinski definition) is 3. The van der Waals surface area contributed by atoms with Crippen LogP contribution in [0.3, 0.4) is 0 Å². The van der Waals surface area contributed by atoms with Gasteiger partial charge in [0.05, 0.1) is 12.5 Å². The van der Waals surface area contributed by atoms with Crippen molar-refractivity contribution in [1.82, 2.24) is 0 Å². The Hall–Kier alpha value is -3.27. The van der Waals surface area contributed by atoms with Gasteiger partial charge in [-0.15, -0.1) is 0 Å². The molecule has 256 valence electrons. The number of benzene rings is 1. The van der Waals surface area contributed by atoms with E-state index in [9.17, 15) is 29.7 Å². The van der Waals surface area contributed by atoms with E-state index < -0.39 is 57.4 Å². The van der Waals surface area contributed by atoms with Crippen molar-refractivity contribution in [2.24, 2.45) is 22.7 Å². The minimum atomic E-state index is -2.00. The van der Waals surface area contributed by atoms with Gasteiger partial charge in [0.2, 0.25) is 0 Å². The maximum absolute atomic E-state index is 13.3. The highest BCUT2D eigenvalue weighted by Crippen LogP contribution is 2.71. The smallest absolute Gasteiger partial charge is 0.331 e. The molecule has 0 heterocycles. The Morgan fingerprint density at radius 2 is 1.72 bits per heavy atom. The average molecular weight is 651 g/mol. The van der Waals surface area contributed by atoms with Gasteiger partial charge in [-0.05, 0) is 94.4 Å². The monoisotopic (exact) mass is 650 g/mol. The van der Waals surface area contributed by atoms with Crippen molar-refractivity contribution in [2.45, 2.75) is 115 Å². The highest BCUT2D eigenvalue weighted by atomic mass is 16.6. The van der Waals surface area contributed by atoms with Gasteiger partial charge in [0.15, 0.2) is 5.78 Å². The van der Waals surface area contributed by atoms with Gasteiger partial charge in [-0.3, -0.25) is 4.79 Å². The standard InChI is InChI=1S/C38H50O9/c1-23(2)24(3)19-33(41)47-31-22-30-34(5)15-14-29(46-32(40)12-11-26-9-8-10-28(20-26)45-7)21-27(34)13-16-37(30,43)38(44)18-17-36(42,25(4)39)35(31,38)6/h8-13,19-20,23,29-31,42-44H,14-18,21-22H2,1-7H3/b12-11+,24-19+/t29-,30?,31+,34-,35+,36+,37-,38+/m0/s1. The zero-order chi connectivity index (χ0) is 34.6. The molecule has 1 aromatic rings. The Morgan fingerprint density at radius 1 is 1.00 bits per heavy atom. The number of ether oxygens (including phenoxy) is 3. The van der Waals surface area contributed by atoms with Crippen LogP contribution in [0.4, 0.5) is 0 Å². The number of carbonyl (C=O) groups is 3. The van der Waals surface area contributed by atoms with Crippen LogP contribution in [-0.4, -0.2) is 69.2 Å². The molecule has 3 N–H and O–H groups in total. The molecule has 5 rings (SSSR count). The molecule has 0 amide bonds. The van der Waals surface area contributed by atoms with Crippen LogP contribution in [-0.2, 0) is 23.9 Å². The number of rotatable bonds is 8. The summed E-state index contributed by atoms with van der Waals surface area (Å²) in [4.78, 5) is 39.1. The third-order valence-corrected chi connectivity index (χ3v) is 12.4. The molecule has 0 aromatic heterocycles. The third kappa shape index (κ3) is 5.48. The van der Waals surface area contributed by atoms with Crippen molar-refractivity contribution in [1.29, 1.82) is 0 Å². The van der Waals surface area contributed by atoms with Gasteiger partial charge in [0.25, 0.3) is 0 Å². The molecule has 3 saturated carbocycles. The normalized spacial score (nSPS) is 38.2. The van der Waals surface area contributed by atoms with Crippen LogP contribution in [0.25, 0.3) is 6.08 Å². The second-order valence-corrected chi connectivity index (χ2v) is 14.9. The van der Waals surface area contributed by atoms with Crippen molar-refractivity contribution in [3.05, 3.63) is 59.2 Å². The lowest BCUT2D eigenvalue weighted by Gasteiger charge is -2.67. The molecule has 1 unspecified atom stereocenters. The van der Waals surface area contributed by atoms with E-state index >= 15 is 0 Å². The van der Waals surface area contributed by atoms with E-state index in [1.54, 1.807) is 20.1 Å². The molecular formula is C38H50O9.